The smallest absolute Gasteiger partial charge is 0.321 e. The van der Waals surface area contributed by atoms with Gasteiger partial charge >= 0.3 is 5.97 Å². The molecule has 2 amide bonds. The summed E-state index contributed by atoms with van der Waals surface area (Å²) >= 11 is 0. The Kier molecular flexibility index (Phi) is 6.42. The first-order chi connectivity index (χ1) is 7.73. The highest BCUT2D eigenvalue weighted by Gasteiger charge is 2.20. The average Bonchev–Trinajstić information content (AvgIpc) is 2.15. The van der Waals surface area contributed by atoms with E-state index in [1.165, 1.54) is 0 Å². The Morgan fingerprint density at radius 3 is 2.18 bits per heavy atom. The fraction of sp³-hybridized carbons (Fsp3) is 0.727. The van der Waals surface area contributed by atoms with E-state index in [4.69, 9.17) is 10.8 Å². The van der Waals surface area contributed by atoms with Crippen molar-refractivity contribution in [3.63, 3.8) is 0 Å². The van der Waals surface area contributed by atoms with Gasteiger partial charge in [-0.25, -0.2) is 0 Å². The Morgan fingerprint density at radius 1 is 1.24 bits per heavy atom. The Labute approximate surface area is 101 Å². The molecule has 0 saturated carbocycles. The van der Waals surface area contributed by atoms with E-state index in [-0.39, 0.29) is 11.8 Å². The van der Waals surface area contributed by atoms with E-state index >= 15 is 0 Å². The predicted molar refractivity (Wildman–Crippen MR) is 62.0 cm³/mol. The van der Waals surface area contributed by atoms with Crippen molar-refractivity contribution in [2.24, 2.45) is 17.6 Å². The molecule has 0 heterocycles. The van der Waals surface area contributed by atoms with Crippen molar-refractivity contribution in [3.8, 4) is 0 Å². The normalized spacial score (nSPS) is 14.2. The van der Waals surface area contributed by atoms with Gasteiger partial charge in [0.2, 0.25) is 11.8 Å². The minimum atomic E-state index is -1.27. The van der Waals surface area contributed by atoms with Gasteiger partial charge in [-0.1, -0.05) is 20.8 Å². The van der Waals surface area contributed by atoms with Crippen molar-refractivity contribution in [2.45, 2.75) is 39.7 Å². The standard InChI is InChI=1S/C11H20N2O4/c1-6(2)4-7(3)10(15)13-9(14)5-8(12)11(16)17/h6-8H,4-5,12H2,1-3H3,(H,16,17)(H,13,14,15). The predicted octanol–water partition coefficient (Wildman–Crippen LogP) is 0.113. The van der Waals surface area contributed by atoms with Crippen molar-refractivity contribution >= 4 is 17.8 Å². The van der Waals surface area contributed by atoms with Crippen molar-refractivity contribution in [2.75, 3.05) is 0 Å². The van der Waals surface area contributed by atoms with Crippen molar-refractivity contribution in [1.82, 2.24) is 5.32 Å². The second-order valence-corrected chi connectivity index (χ2v) is 4.59. The highest BCUT2D eigenvalue weighted by molar-refractivity contribution is 5.97. The Morgan fingerprint density at radius 2 is 1.76 bits per heavy atom. The fourth-order valence-electron chi connectivity index (χ4n) is 1.41. The molecular weight excluding hydrogens is 224 g/mol. The van der Waals surface area contributed by atoms with Crippen molar-refractivity contribution in [1.29, 1.82) is 0 Å². The monoisotopic (exact) mass is 244 g/mol. The lowest BCUT2D eigenvalue weighted by Crippen LogP contribution is -2.41. The lowest BCUT2D eigenvalue weighted by molar-refractivity contribution is -0.141. The summed E-state index contributed by atoms with van der Waals surface area (Å²) in [5, 5.41) is 10.7. The highest BCUT2D eigenvalue weighted by Crippen LogP contribution is 2.10. The molecule has 2 atom stereocenters. The Bertz CT molecular complexity index is 302. The lowest BCUT2D eigenvalue weighted by Gasteiger charge is -2.13. The third kappa shape index (κ3) is 6.68. The zero-order chi connectivity index (χ0) is 13.6. The van der Waals surface area contributed by atoms with Gasteiger partial charge in [-0.3, -0.25) is 19.7 Å². The largest absolute Gasteiger partial charge is 0.480 e. The van der Waals surface area contributed by atoms with Gasteiger partial charge in [0.1, 0.15) is 6.04 Å². The maximum absolute atomic E-state index is 11.5. The molecule has 17 heavy (non-hydrogen) atoms. The molecule has 0 bridgehead atoms. The van der Waals surface area contributed by atoms with E-state index < -0.39 is 24.3 Å². The Balaban J connectivity index is 4.12. The SMILES string of the molecule is CC(C)CC(C)C(=O)NC(=O)CC(N)C(=O)O. The maximum Gasteiger partial charge on any atom is 0.321 e. The van der Waals surface area contributed by atoms with Crippen LogP contribution in [0.3, 0.4) is 0 Å². The number of amides is 2. The van der Waals surface area contributed by atoms with Crippen LogP contribution in [0.2, 0.25) is 0 Å². The van der Waals surface area contributed by atoms with Gasteiger partial charge in [0, 0.05) is 5.92 Å². The number of nitrogens with one attached hydrogen (secondary N) is 1. The quantitative estimate of drug-likeness (QED) is 0.614. The van der Waals surface area contributed by atoms with Crippen LogP contribution in [-0.4, -0.2) is 28.9 Å². The van der Waals surface area contributed by atoms with Crippen LogP contribution in [0, 0.1) is 11.8 Å². The van der Waals surface area contributed by atoms with Gasteiger partial charge in [0.15, 0.2) is 0 Å². The van der Waals surface area contributed by atoms with Crippen LogP contribution in [0.15, 0.2) is 0 Å². The molecule has 6 nitrogen and oxygen atoms in total. The summed E-state index contributed by atoms with van der Waals surface area (Å²) < 4.78 is 0. The maximum atomic E-state index is 11.5. The zero-order valence-corrected chi connectivity index (χ0v) is 10.4. The van der Waals surface area contributed by atoms with Crippen LogP contribution < -0.4 is 11.1 Å². The third-order valence-corrected chi connectivity index (χ3v) is 2.26. The molecule has 0 aromatic carbocycles. The van der Waals surface area contributed by atoms with Crippen LogP contribution in [-0.2, 0) is 14.4 Å². The fourth-order valence-corrected chi connectivity index (χ4v) is 1.41. The number of carbonyl (C=O) groups excluding carboxylic acids is 2. The first kappa shape index (κ1) is 15.6. The molecular formula is C11H20N2O4. The molecule has 6 heteroatoms. The van der Waals surface area contributed by atoms with E-state index in [9.17, 15) is 14.4 Å². The minimum absolute atomic E-state index is 0.278. The van der Waals surface area contributed by atoms with Gasteiger partial charge in [-0.15, -0.1) is 0 Å². The molecule has 0 aliphatic carbocycles. The van der Waals surface area contributed by atoms with Crippen LogP contribution in [0.4, 0.5) is 0 Å². The molecule has 0 fully saturated rings. The molecule has 2 unspecified atom stereocenters. The summed E-state index contributed by atoms with van der Waals surface area (Å²) in [4.78, 5) is 33.2. The van der Waals surface area contributed by atoms with Crippen molar-refractivity contribution < 1.29 is 19.5 Å². The minimum Gasteiger partial charge on any atom is -0.480 e. The van der Waals surface area contributed by atoms with E-state index in [2.05, 4.69) is 5.32 Å². The van der Waals surface area contributed by atoms with E-state index in [1.807, 2.05) is 13.8 Å². The second kappa shape index (κ2) is 7.01. The number of aliphatic carboxylic acids is 1. The number of carboxylic acids is 1. The van der Waals surface area contributed by atoms with Crippen LogP contribution in [0.25, 0.3) is 0 Å². The molecule has 0 saturated heterocycles. The second-order valence-electron chi connectivity index (χ2n) is 4.59. The third-order valence-electron chi connectivity index (χ3n) is 2.26. The summed E-state index contributed by atoms with van der Waals surface area (Å²) in [6.07, 6.45) is 0.277. The van der Waals surface area contributed by atoms with Gasteiger partial charge in [-0.05, 0) is 12.3 Å². The Hall–Kier alpha value is -1.43. The van der Waals surface area contributed by atoms with E-state index in [1.54, 1.807) is 6.92 Å². The number of imide groups is 1. The number of carboxylic acid groups (broad SMARTS) is 1. The molecule has 4 N–H and O–H groups in total. The van der Waals surface area contributed by atoms with Gasteiger partial charge in [0.05, 0.1) is 6.42 Å². The summed E-state index contributed by atoms with van der Waals surface area (Å²) in [7, 11) is 0. The number of nitrogens with two attached hydrogens (primary N) is 1. The molecule has 0 spiro atoms. The molecule has 0 aliphatic heterocycles. The summed E-state index contributed by atoms with van der Waals surface area (Å²) in [6.45, 7) is 5.68. The molecule has 0 rings (SSSR count). The van der Waals surface area contributed by atoms with Gasteiger partial charge < -0.3 is 10.8 Å². The lowest BCUT2D eigenvalue weighted by atomic mass is 9.98. The van der Waals surface area contributed by atoms with Crippen LogP contribution in [0.5, 0.6) is 0 Å². The number of rotatable bonds is 6. The molecule has 0 aromatic rings. The van der Waals surface area contributed by atoms with Crippen LogP contribution >= 0.6 is 0 Å². The van der Waals surface area contributed by atoms with Crippen molar-refractivity contribution in [3.05, 3.63) is 0 Å². The highest BCUT2D eigenvalue weighted by atomic mass is 16.4. The van der Waals surface area contributed by atoms with Crippen LogP contribution in [0.1, 0.15) is 33.6 Å². The zero-order valence-electron chi connectivity index (χ0n) is 10.4. The number of hydrogen-bond acceptors (Lipinski definition) is 4. The molecule has 98 valence electrons. The first-order valence-electron chi connectivity index (χ1n) is 5.56. The number of hydrogen-bond donors (Lipinski definition) is 3. The topological polar surface area (TPSA) is 109 Å². The van der Waals surface area contributed by atoms with E-state index in [0.29, 0.717) is 12.3 Å². The molecule has 0 aliphatic rings. The molecule has 0 radical (unpaired) electrons. The van der Waals surface area contributed by atoms with E-state index in [0.717, 1.165) is 0 Å². The first-order valence-corrected chi connectivity index (χ1v) is 5.56. The van der Waals surface area contributed by atoms with Gasteiger partial charge in [0.25, 0.3) is 0 Å². The van der Waals surface area contributed by atoms with Gasteiger partial charge in [-0.2, -0.15) is 0 Å². The summed E-state index contributed by atoms with van der Waals surface area (Å²) in [6, 6.07) is -1.27. The summed E-state index contributed by atoms with van der Waals surface area (Å²) in [5.74, 6) is -2.23. The number of carbonyl (C=O) groups is 3. The molecule has 0 aromatic heterocycles. The summed E-state index contributed by atoms with van der Waals surface area (Å²) in [5.41, 5.74) is 5.18. The average molecular weight is 244 g/mol.